The van der Waals surface area contributed by atoms with Crippen LogP contribution >= 0.6 is 0 Å². The van der Waals surface area contributed by atoms with Crippen LogP contribution in [-0.2, 0) is 11.2 Å². The molecule has 0 aromatic heterocycles. The van der Waals surface area contributed by atoms with E-state index in [0.29, 0.717) is 13.0 Å². The lowest BCUT2D eigenvalue weighted by atomic mass is 9.93. The van der Waals surface area contributed by atoms with Crippen LogP contribution in [0.3, 0.4) is 0 Å². The van der Waals surface area contributed by atoms with Crippen LogP contribution in [0.5, 0.6) is 0 Å². The van der Waals surface area contributed by atoms with Gasteiger partial charge in [-0.3, -0.25) is 4.79 Å². The van der Waals surface area contributed by atoms with Crippen LogP contribution in [0.2, 0.25) is 0 Å². The summed E-state index contributed by atoms with van der Waals surface area (Å²) >= 11 is 0. The Balaban J connectivity index is 2.03. The van der Waals surface area contributed by atoms with E-state index in [1.165, 1.54) is 7.05 Å². The van der Waals surface area contributed by atoms with Crippen molar-refractivity contribution in [3.63, 3.8) is 0 Å². The molecule has 104 valence electrons. The lowest BCUT2D eigenvalue weighted by molar-refractivity contribution is -0.160. The molecule has 1 N–H and O–H groups in total. The van der Waals surface area contributed by atoms with Gasteiger partial charge in [-0.15, -0.1) is 0 Å². The summed E-state index contributed by atoms with van der Waals surface area (Å²) in [5.41, 5.74) is 1.91. The molecule has 6 heteroatoms. The average molecular weight is 272 g/mol. The lowest BCUT2D eigenvalue weighted by Gasteiger charge is -2.29. The molecule has 1 aliphatic rings. The van der Waals surface area contributed by atoms with Crippen LogP contribution in [0, 0.1) is 5.92 Å². The highest BCUT2D eigenvalue weighted by molar-refractivity contribution is 5.80. The van der Waals surface area contributed by atoms with E-state index in [4.69, 9.17) is 0 Å². The second-order valence-electron chi connectivity index (χ2n) is 4.75. The third-order valence-electron chi connectivity index (χ3n) is 3.16. The molecule has 19 heavy (non-hydrogen) atoms. The highest BCUT2D eigenvalue weighted by Crippen LogP contribution is 2.26. The number of benzene rings is 1. The number of fused-ring (bicyclic) bond motifs is 1. The minimum absolute atomic E-state index is 0.373. The summed E-state index contributed by atoms with van der Waals surface area (Å²) in [7, 11) is 1.19. The molecule has 1 heterocycles. The van der Waals surface area contributed by atoms with E-state index < -0.39 is 24.5 Å². The summed E-state index contributed by atoms with van der Waals surface area (Å²) in [6.45, 7) is -0.831. The van der Waals surface area contributed by atoms with Gasteiger partial charge in [0.2, 0.25) is 5.91 Å². The maximum atomic E-state index is 12.3. The molecular formula is C13H15F3N2O. The minimum atomic E-state index is -4.36. The summed E-state index contributed by atoms with van der Waals surface area (Å²) in [5, 5.41) is 3.08. The van der Waals surface area contributed by atoms with E-state index in [0.717, 1.165) is 16.2 Å². The molecule has 1 unspecified atom stereocenters. The number of anilines is 1. The molecular weight excluding hydrogens is 257 g/mol. The topological polar surface area (TPSA) is 32.3 Å². The van der Waals surface area contributed by atoms with Crippen molar-refractivity contribution in [1.29, 1.82) is 0 Å². The van der Waals surface area contributed by atoms with Crippen LogP contribution in [0.15, 0.2) is 24.3 Å². The molecule has 0 radical (unpaired) electrons. The van der Waals surface area contributed by atoms with E-state index >= 15 is 0 Å². The zero-order valence-corrected chi connectivity index (χ0v) is 10.5. The molecule has 3 nitrogen and oxygen atoms in total. The third-order valence-corrected chi connectivity index (χ3v) is 3.16. The molecule has 0 bridgehead atoms. The number of halogens is 3. The smallest absolute Gasteiger partial charge is 0.384 e. The minimum Gasteiger partial charge on any atom is -0.384 e. The number of rotatable bonds is 2. The number of alkyl halides is 3. The molecule has 0 spiro atoms. The van der Waals surface area contributed by atoms with Crippen LogP contribution in [0.1, 0.15) is 5.56 Å². The van der Waals surface area contributed by atoms with Gasteiger partial charge in [0.05, 0.1) is 5.92 Å². The van der Waals surface area contributed by atoms with Gasteiger partial charge in [0.15, 0.2) is 0 Å². The fourth-order valence-electron chi connectivity index (χ4n) is 2.27. The number of para-hydroxylation sites is 1. The van der Waals surface area contributed by atoms with Crippen molar-refractivity contribution < 1.29 is 18.0 Å². The first-order chi connectivity index (χ1) is 8.87. The second kappa shape index (κ2) is 5.11. The van der Waals surface area contributed by atoms with Crippen LogP contribution in [-0.4, -0.2) is 37.1 Å². The Hall–Kier alpha value is -1.72. The largest absolute Gasteiger partial charge is 0.406 e. The molecule has 1 aromatic rings. The maximum Gasteiger partial charge on any atom is 0.406 e. The Morgan fingerprint density at radius 3 is 2.79 bits per heavy atom. The third kappa shape index (κ3) is 3.39. The zero-order valence-electron chi connectivity index (χ0n) is 10.5. The van der Waals surface area contributed by atoms with Gasteiger partial charge in [-0.1, -0.05) is 18.2 Å². The SMILES string of the molecule is CN(CC(F)(F)F)C(=O)C1CNc2ccccc2C1. The Bertz CT molecular complexity index is 473. The van der Waals surface area contributed by atoms with Crippen LogP contribution in [0.25, 0.3) is 0 Å². The summed E-state index contributed by atoms with van der Waals surface area (Å²) in [6.07, 6.45) is -3.88. The van der Waals surface area contributed by atoms with E-state index in [2.05, 4.69) is 5.32 Å². The highest BCUT2D eigenvalue weighted by Gasteiger charge is 2.34. The molecule has 0 saturated carbocycles. The number of carbonyl (C=O) groups is 1. The molecule has 0 fully saturated rings. The predicted molar refractivity (Wildman–Crippen MR) is 65.8 cm³/mol. The standard InChI is InChI=1S/C13H15F3N2O/c1-18(8-13(14,15)16)12(19)10-6-9-4-2-3-5-11(9)17-7-10/h2-5,10,17H,6-8H2,1H3. The first-order valence-corrected chi connectivity index (χ1v) is 6.00. The van der Waals surface area contributed by atoms with Crippen molar-refractivity contribution in [2.24, 2.45) is 5.92 Å². The number of amides is 1. The van der Waals surface area contributed by atoms with E-state index in [1.54, 1.807) is 0 Å². The normalized spacial score (nSPS) is 18.4. The number of nitrogens with one attached hydrogen (secondary N) is 1. The number of nitrogens with zero attached hydrogens (tertiary/aromatic N) is 1. The van der Waals surface area contributed by atoms with E-state index in [1.807, 2.05) is 24.3 Å². The molecule has 1 atom stereocenters. The van der Waals surface area contributed by atoms with Gasteiger partial charge < -0.3 is 10.2 Å². The van der Waals surface area contributed by atoms with Crippen LogP contribution in [0.4, 0.5) is 18.9 Å². The number of hydrogen-bond donors (Lipinski definition) is 1. The van der Waals surface area contributed by atoms with Crippen molar-refractivity contribution in [1.82, 2.24) is 4.90 Å². The Kier molecular flexibility index (Phi) is 3.68. The van der Waals surface area contributed by atoms with Crippen LogP contribution < -0.4 is 5.32 Å². The molecule has 2 rings (SSSR count). The van der Waals surface area contributed by atoms with Gasteiger partial charge >= 0.3 is 6.18 Å². The van der Waals surface area contributed by atoms with Gasteiger partial charge in [0.25, 0.3) is 0 Å². The number of carbonyl (C=O) groups excluding carboxylic acids is 1. The van der Waals surface area contributed by atoms with Gasteiger partial charge in [0.1, 0.15) is 6.54 Å². The van der Waals surface area contributed by atoms with Crippen molar-refractivity contribution >= 4 is 11.6 Å². The van der Waals surface area contributed by atoms with E-state index in [-0.39, 0.29) is 0 Å². The van der Waals surface area contributed by atoms with Crippen molar-refractivity contribution in [3.05, 3.63) is 29.8 Å². The Morgan fingerprint density at radius 2 is 2.11 bits per heavy atom. The Labute approximate surface area is 109 Å². The maximum absolute atomic E-state index is 12.3. The molecule has 1 amide bonds. The number of hydrogen-bond acceptors (Lipinski definition) is 2. The van der Waals surface area contributed by atoms with Gasteiger partial charge in [-0.2, -0.15) is 13.2 Å². The summed E-state index contributed by atoms with van der Waals surface area (Å²) in [4.78, 5) is 12.7. The summed E-state index contributed by atoms with van der Waals surface area (Å²) in [5.74, 6) is -0.915. The summed E-state index contributed by atoms with van der Waals surface area (Å²) < 4.78 is 36.8. The molecule has 1 aromatic carbocycles. The first kappa shape index (κ1) is 13.7. The van der Waals surface area contributed by atoms with Crippen molar-refractivity contribution in [3.8, 4) is 0 Å². The lowest BCUT2D eigenvalue weighted by Crippen LogP contribution is -2.43. The quantitative estimate of drug-likeness (QED) is 0.896. The highest BCUT2D eigenvalue weighted by atomic mass is 19.4. The average Bonchev–Trinajstić information content (AvgIpc) is 2.35. The predicted octanol–water partition coefficient (Wildman–Crippen LogP) is 2.29. The van der Waals surface area contributed by atoms with Gasteiger partial charge in [0, 0.05) is 19.3 Å². The van der Waals surface area contributed by atoms with Gasteiger partial charge in [-0.05, 0) is 18.1 Å². The molecule has 0 saturated heterocycles. The molecule has 1 aliphatic heterocycles. The molecule has 0 aliphatic carbocycles. The fourth-order valence-corrected chi connectivity index (χ4v) is 2.27. The monoisotopic (exact) mass is 272 g/mol. The second-order valence-corrected chi connectivity index (χ2v) is 4.75. The van der Waals surface area contributed by atoms with E-state index in [9.17, 15) is 18.0 Å². The summed E-state index contributed by atoms with van der Waals surface area (Å²) in [6, 6.07) is 7.51. The van der Waals surface area contributed by atoms with Gasteiger partial charge in [-0.25, -0.2) is 0 Å². The Morgan fingerprint density at radius 1 is 1.42 bits per heavy atom. The zero-order chi connectivity index (χ0) is 14.0. The van der Waals surface area contributed by atoms with Crippen molar-refractivity contribution in [2.75, 3.05) is 25.5 Å². The first-order valence-electron chi connectivity index (χ1n) is 6.00. The fraction of sp³-hybridized carbons (Fsp3) is 0.462. The van der Waals surface area contributed by atoms with Crippen molar-refractivity contribution in [2.45, 2.75) is 12.6 Å².